The van der Waals surface area contributed by atoms with Crippen LogP contribution in [0.25, 0.3) is 0 Å². The lowest BCUT2D eigenvalue weighted by Crippen LogP contribution is -2.29. The van der Waals surface area contributed by atoms with Gasteiger partial charge in [-0.25, -0.2) is 0 Å². The van der Waals surface area contributed by atoms with Gasteiger partial charge in [0.1, 0.15) is 6.10 Å². The van der Waals surface area contributed by atoms with E-state index in [1.54, 1.807) is 7.11 Å². The summed E-state index contributed by atoms with van der Waals surface area (Å²) in [5, 5.41) is 0. The summed E-state index contributed by atoms with van der Waals surface area (Å²) >= 11 is 0. The quantitative estimate of drug-likeness (QED) is 0.798. The van der Waals surface area contributed by atoms with Gasteiger partial charge in [-0.1, -0.05) is 32.0 Å². The highest BCUT2D eigenvalue weighted by Crippen LogP contribution is 2.23. The molecule has 2 heteroatoms. The van der Waals surface area contributed by atoms with Gasteiger partial charge in [-0.3, -0.25) is 4.79 Å². The lowest BCUT2D eigenvalue weighted by molar-refractivity contribution is -0.130. The zero-order chi connectivity index (χ0) is 13.1. The van der Waals surface area contributed by atoms with Crippen LogP contribution in [-0.2, 0) is 28.8 Å². The Morgan fingerprint density at radius 2 is 2.00 bits per heavy atom. The Bertz CT molecular complexity index is 435. The molecule has 0 aromatic heterocycles. The second-order valence-electron chi connectivity index (χ2n) is 5.50. The minimum atomic E-state index is -0.279. The number of hydrogen-bond acceptors (Lipinski definition) is 2. The van der Waals surface area contributed by atoms with Crippen LogP contribution in [-0.4, -0.2) is 19.0 Å². The number of rotatable bonds is 5. The Hall–Kier alpha value is -1.15. The molecule has 1 aromatic carbocycles. The van der Waals surface area contributed by atoms with Crippen molar-refractivity contribution in [3.63, 3.8) is 0 Å². The van der Waals surface area contributed by atoms with Crippen LogP contribution >= 0.6 is 0 Å². The molecule has 0 radical (unpaired) electrons. The third-order valence-electron chi connectivity index (χ3n) is 3.72. The zero-order valence-corrected chi connectivity index (χ0v) is 11.5. The highest BCUT2D eigenvalue weighted by atomic mass is 16.5. The fraction of sp³-hybridized carbons (Fsp3) is 0.562. The SMILES string of the molecule is COC(C(=O)Cc1ccc2c(c1)CCC2)C(C)C. The van der Waals surface area contributed by atoms with E-state index in [-0.39, 0.29) is 17.8 Å². The van der Waals surface area contributed by atoms with E-state index in [9.17, 15) is 4.79 Å². The zero-order valence-electron chi connectivity index (χ0n) is 11.5. The van der Waals surface area contributed by atoms with Gasteiger partial charge in [0.15, 0.2) is 5.78 Å². The lowest BCUT2D eigenvalue weighted by Gasteiger charge is -2.18. The molecule has 98 valence electrons. The number of methoxy groups -OCH3 is 1. The van der Waals surface area contributed by atoms with E-state index in [1.165, 1.54) is 24.0 Å². The largest absolute Gasteiger partial charge is 0.373 e. The first-order chi connectivity index (χ1) is 8.61. The van der Waals surface area contributed by atoms with Crippen molar-refractivity contribution in [2.45, 2.75) is 45.6 Å². The van der Waals surface area contributed by atoms with E-state index in [0.29, 0.717) is 6.42 Å². The monoisotopic (exact) mass is 246 g/mol. The van der Waals surface area contributed by atoms with Crippen LogP contribution < -0.4 is 0 Å². The van der Waals surface area contributed by atoms with Gasteiger partial charge in [0, 0.05) is 13.5 Å². The molecule has 0 saturated carbocycles. The predicted octanol–water partition coefficient (Wildman–Crippen LogP) is 2.96. The van der Waals surface area contributed by atoms with E-state index >= 15 is 0 Å². The molecule has 0 amide bonds. The third-order valence-corrected chi connectivity index (χ3v) is 3.72. The van der Waals surface area contributed by atoms with Crippen molar-refractivity contribution in [3.05, 3.63) is 34.9 Å². The molecule has 1 aliphatic rings. The van der Waals surface area contributed by atoms with Crippen LogP contribution in [0.15, 0.2) is 18.2 Å². The smallest absolute Gasteiger partial charge is 0.166 e. The summed E-state index contributed by atoms with van der Waals surface area (Å²) in [6.45, 7) is 4.05. The van der Waals surface area contributed by atoms with Crippen LogP contribution in [0.5, 0.6) is 0 Å². The Morgan fingerprint density at radius 1 is 1.28 bits per heavy atom. The average Bonchev–Trinajstić information content (AvgIpc) is 2.76. The molecule has 0 fully saturated rings. The van der Waals surface area contributed by atoms with Gasteiger partial charge in [0.05, 0.1) is 0 Å². The minimum absolute atomic E-state index is 0.186. The Morgan fingerprint density at radius 3 is 2.67 bits per heavy atom. The van der Waals surface area contributed by atoms with E-state index < -0.39 is 0 Å². The molecule has 1 atom stereocenters. The average molecular weight is 246 g/mol. The fourth-order valence-electron chi connectivity index (χ4n) is 2.81. The van der Waals surface area contributed by atoms with Gasteiger partial charge in [-0.05, 0) is 41.9 Å². The summed E-state index contributed by atoms with van der Waals surface area (Å²) in [4.78, 5) is 12.2. The normalized spacial score (nSPS) is 15.8. The summed E-state index contributed by atoms with van der Waals surface area (Å²) in [6.07, 6.45) is 3.81. The molecule has 0 saturated heterocycles. The number of carbonyl (C=O) groups is 1. The Labute approximate surface area is 109 Å². The molecular weight excluding hydrogens is 224 g/mol. The van der Waals surface area contributed by atoms with Crippen molar-refractivity contribution in [1.29, 1.82) is 0 Å². The van der Waals surface area contributed by atoms with Crippen LogP contribution in [0.2, 0.25) is 0 Å². The van der Waals surface area contributed by atoms with Crippen molar-refractivity contribution >= 4 is 5.78 Å². The van der Waals surface area contributed by atoms with Gasteiger partial charge in [0.25, 0.3) is 0 Å². The van der Waals surface area contributed by atoms with Gasteiger partial charge < -0.3 is 4.74 Å². The molecule has 0 heterocycles. The maximum Gasteiger partial charge on any atom is 0.166 e. The first-order valence-electron chi connectivity index (χ1n) is 6.78. The second-order valence-corrected chi connectivity index (χ2v) is 5.50. The first kappa shape index (κ1) is 13.3. The number of aryl methyl sites for hydroxylation is 2. The van der Waals surface area contributed by atoms with Crippen molar-refractivity contribution in [1.82, 2.24) is 0 Å². The van der Waals surface area contributed by atoms with E-state index in [4.69, 9.17) is 4.74 Å². The highest BCUT2D eigenvalue weighted by molar-refractivity contribution is 5.85. The summed E-state index contributed by atoms with van der Waals surface area (Å²) in [7, 11) is 1.62. The van der Waals surface area contributed by atoms with Crippen LogP contribution in [0.3, 0.4) is 0 Å². The number of hydrogen-bond donors (Lipinski definition) is 0. The number of fused-ring (bicyclic) bond motifs is 1. The van der Waals surface area contributed by atoms with E-state index in [0.717, 1.165) is 12.0 Å². The molecule has 0 bridgehead atoms. The number of benzene rings is 1. The van der Waals surface area contributed by atoms with E-state index in [2.05, 4.69) is 18.2 Å². The molecule has 0 aliphatic heterocycles. The van der Waals surface area contributed by atoms with Crippen molar-refractivity contribution in [3.8, 4) is 0 Å². The standard InChI is InChI=1S/C16H22O2/c1-11(2)16(18-3)15(17)10-12-7-8-13-5-4-6-14(13)9-12/h7-9,11,16H,4-6,10H2,1-3H3. The molecular formula is C16H22O2. The topological polar surface area (TPSA) is 26.3 Å². The highest BCUT2D eigenvalue weighted by Gasteiger charge is 2.22. The number of ketones is 1. The minimum Gasteiger partial charge on any atom is -0.373 e. The van der Waals surface area contributed by atoms with Crippen LogP contribution in [0.4, 0.5) is 0 Å². The summed E-state index contributed by atoms with van der Waals surface area (Å²) in [6, 6.07) is 6.48. The van der Waals surface area contributed by atoms with E-state index in [1.807, 2.05) is 13.8 Å². The fourth-order valence-corrected chi connectivity index (χ4v) is 2.81. The summed E-state index contributed by atoms with van der Waals surface area (Å²) in [5.74, 6) is 0.419. The molecule has 1 aliphatic carbocycles. The second kappa shape index (κ2) is 5.66. The van der Waals surface area contributed by atoms with Gasteiger partial charge in [0.2, 0.25) is 0 Å². The Kier molecular flexibility index (Phi) is 4.18. The maximum absolute atomic E-state index is 12.2. The number of ether oxygens (including phenoxy) is 1. The summed E-state index contributed by atoms with van der Waals surface area (Å²) < 4.78 is 5.29. The molecule has 0 spiro atoms. The van der Waals surface area contributed by atoms with Gasteiger partial charge >= 0.3 is 0 Å². The Balaban J connectivity index is 2.07. The first-order valence-corrected chi connectivity index (χ1v) is 6.78. The molecule has 2 nitrogen and oxygen atoms in total. The summed E-state index contributed by atoms with van der Waals surface area (Å²) in [5.41, 5.74) is 4.01. The van der Waals surface area contributed by atoms with Crippen molar-refractivity contribution in [2.24, 2.45) is 5.92 Å². The van der Waals surface area contributed by atoms with Gasteiger partial charge in [-0.2, -0.15) is 0 Å². The van der Waals surface area contributed by atoms with Crippen LogP contribution in [0.1, 0.15) is 37.0 Å². The van der Waals surface area contributed by atoms with Crippen LogP contribution in [0, 0.1) is 5.92 Å². The third kappa shape index (κ3) is 2.81. The molecule has 0 N–H and O–H groups in total. The maximum atomic E-state index is 12.2. The lowest BCUT2D eigenvalue weighted by atomic mass is 9.96. The molecule has 1 unspecified atom stereocenters. The predicted molar refractivity (Wildman–Crippen MR) is 72.8 cm³/mol. The van der Waals surface area contributed by atoms with Crippen molar-refractivity contribution in [2.75, 3.05) is 7.11 Å². The van der Waals surface area contributed by atoms with Gasteiger partial charge in [-0.15, -0.1) is 0 Å². The number of carbonyl (C=O) groups excluding carboxylic acids is 1. The molecule has 1 aromatic rings. The number of Topliss-reactive ketones (excluding diaryl/α,β-unsaturated/α-hetero) is 1. The molecule has 18 heavy (non-hydrogen) atoms. The molecule has 2 rings (SSSR count). The van der Waals surface area contributed by atoms with Crippen molar-refractivity contribution < 1.29 is 9.53 Å².